The fourth-order valence-corrected chi connectivity index (χ4v) is 5.30. The minimum Gasteiger partial charge on any atom is -0.508 e. The molecule has 3 unspecified atom stereocenters. The summed E-state index contributed by atoms with van der Waals surface area (Å²) in [5, 5.41) is 9.72. The van der Waals surface area contributed by atoms with Gasteiger partial charge in [0.15, 0.2) is 0 Å². The number of nitrogens with zero attached hydrogens (tertiary/aromatic N) is 2. The van der Waals surface area contributed by atoms with Crippen molar-refractivity contribution in [3.05, 3.63) is 59.9 Å². The summed E-state index contributed by atoms with van der Waals surface area (Å²) in [6, 6.07) is 14.6. The van der Waals surface area contributed by atoms with Crippen LogP contribution in [0.4, 0.5) is 0 Å². The van der Waals surface area contributed by atoms with E-state index in [4.69, 9.17) is 9.72 Å². The second-order valence-electron chi connectivity index (χ2n) is 9.93. The minimum absolute atomic E-state index is 0.0524. The first-order valence-corrected chi connectivity index (χ1v) is 12.3. The molecule has 4 atom stereocenters. The molecule has 1 fully saturated rings. The highest BCUT2D eigenvalue weighted by Crippen LogP contribution is 2.36. The highest BCUT2D eigenvalue weighted by molar-refractivity contribution is 5.81. The molecule has 1 saturated carbocycles. The molecule has 5 nitrogen and oxygen atoms in total. The zero-order chi connectivity index (χ0) is 23.5. The number of aryl methyl sites for hydroxylation is 1. The molecule has 0 radical (unpaired) electrons. The number of carbonyl (C=O) groups excluding carboxylic acids is 1. The molecule has 1 aliphatic rings. The summed E-state index contributed by atoms with van der Waals surface area (Å²) in [5.74, 6) is 2.35. The Labute approximate surface area is 196 Å². The maximum atomic E-state index is 13.8. The number of phenols is 1. The molecule has 176 valence electrons. The van der Waals surface area contributed by atoms with Gasteiger partial charge in [0.05, 0.1) is 11.0 Å². The molecule has 1 aromatic heterocycles. The quantitative estimate of drug-likeness (QED) is 0.444. The second kappa shape index (κ2) is 9.98. The van der Waals surface area contributed by atoms with Crippen LogP contribution in [-0.2, 0) is 22.4 Å². The van der Waals surface area contributed by atoms with Crippen molar-refractivity contribution in [2.24, 2.45) is 17.8 Å². The number of ether oxygens (including phenoxy) is 1. The number of aromatic nitrogens is 2. The van der Waals surface area contributed by atoms with Crippen molar-refractivity contribution in [2.45, 2.75) is 71.9 Å². The van der Waals surface area contributed by atoms with Crippen LogP contribution in [0.1, 0.15) is 64.4 Å². The summed E-state index contributed by atoms with van der Waals surface area (Å²) in [7, 11) is 0. The smallest absolute Gasteiger partial charge is 0.329 e. The molecular weight excluding hydrogens is 412 g/mol. The van der Waals surface area contributed by atoms with E-state index in [1.807, 2.05) is 36.4 Å². The molecule has 0 spiro atoms. The predicted octanol–water partition coefficient (Wildman–Crippen LogP) is 6.09. The first-order chi connectivity index (χ1) is 15.9. The molecular formula is C28H36N2O3. The van der Waals surface area contributed by atoms with Crippen LogP contribution in [0.15, 0.2) is 48.5 Å². The van der Waals surface area contributed by atoms with Crippen molar-refractivity contribution in [3.63, 3.8) is 0 Å². The summed E-state index contributed by atoms with van der Waals surface area (Å²) in [4.78, 5) is 18.7. The lowest BCUT2D eigenvalue weighted by atomic mass is 9.75. The van der Waals surface area contributed by atoms with E-state index in [2.05, 4.69) is 32.3 Å². The summed E-state index contributed by atoms with van der Waals surface area (Å²) in [6.45, 7) is 8.78. The molecule has 0 saturated heterocycles. The number of carbonyl (C=O) groups is 1. The Balaban J connectivity index is 1.71. The van der Waals surface area contributed by atoms with Crippen LogP contribution < -0.4 is 0 Å². The monoisotopic (exact) mass is 448 g/mol. The Morgan fingerprint density at radius 2 is 1.88 bits per heavy atom. The minimum atomic E-state index is -0.512. The van der Waals surface area contributed by atoms with Crippen molar-refractivity contribution < 1.29 is 14.6 Å². The number of phenolic OH excluding ortho intramolecular Hbond substituents is 1. The van der Waals surface area contributed by atoms with Gasteiger partial charge in [-0.1, -0.05) is 58.4 Å². The van der Waals surface area contributed by atoms with Crippen LogP contribution >= 0.6 is 0 Å². The van der Waals surface area contributed by atoms with Gasteiger partial charge in [0.2, 0.25) is 0 Å². The molecule has 0 aliphatic heterocycles. The van der Waals surface area contributed by atoms with Gasteiger partial charge in [-0.15, -0.1) is 0 Å². The molecule has 1 heterocycles. The topological polar surface area (TPSA) is 64.3 Å². The van der Waals surface area contributed by atoms with Crippen LogP contribution in [0.3, 0.4) is 0 Å². The summed E-state index contributed by atoms with van der Waals surface area (Å²) >= 11 is 0. The van der Waals surface area contributed by atoms with E-state index in [1.165, 1.54) is 6.42 Å². The van der Waals surface area contributed by atoms with Crippen LogP contribution in [0.25, 0.3) is 11.0 Å². The van der Waals surface area contributed by atoms with E-state index in [-0.39, 0.29) is 17.8 Å². The summed E-state index contributed by atoms with van der Waals surface area (Å²) < 4.78 is 8.40. The molecule has 0 amide bonds. The lowest BCUT2D eigenvalue weighted by Crippen LogP contribution is -2.38. The van der Waals surface area contributed by atoms with Crippen molar-refractivity contribution >= 4 is 17.0 Å². The number of fused-ring (bicyclic) bond motifs is 1. The van der Waals surface area contributed by atoms with Crippen molar-refractivity contribution in [1.82, 2.24) is 9.55 Å². The largest absolute Gasteiger partial charge is 0.508 e. The predicted molar refractivity (Wildman–Crippen MR) is 131 cm³/mol. The van der Waals surface area contributed by atoms with Gasteiger partial charge in [-0.25, -0.2) is 9.78 Å². The first kappa shape index (κ1) is 23.3. The third-order valence-electron chi connectivity index (χ3n) is 7.16. The number of hydrogen-bond donors (Lipinski definition) is 1. The molecule has 4 rings (SSSR count). The van der Waals surface area contributed by atoms with Crippen molar-refractivity contribution in [3.8, 4) is 5.75 Å². The zero-order valence-corrected chi connectivity index (χ0v) is 20.2. The fraction of sp³-hybridized carbons (Fsp3) is 0.500. The molecule has 1 N–H and O–H groups in total. The number of aromatic hydroxyl groups is 1. The van der Waals surface area contributed by atoms with Crippen LogP contribution in [0.5, 0.6) is 5.75 Å². The van der Waals surface area contributed by atoms with Gasteiger partial charge in [0.25, 0.3) is 0 Å². The molecule has 1 aliphatic carbocycles. The van der Waals surface area contributed by atoms with Crippen LogP contribution in [-0.4, -0.2) is 26.7 Å². The SMILES string of the molecule is CCc1nc2ccccc2n1C(Cc1ccc(O)cc1)C(=O)O[C@@H]1CC(C)CCC1C(C)C. The average molecular weight is 449 g/mol. The van der Waals surface area contributed by atoms with Gasteiger partial charge in [0.1, 0.15) is 23.7 Å². The normalized spacial score (nSPS) is 21.9. The highest BCUT2D eigenvalue weighted by Gasteiger charge is 2.36. The second-order valence-corrected chi connectivity index (χ2v) is 9.93. The highest BCUT2D eigenvalue weighted by atomic mass is 16.5. The number of imidazole rings is 1. The van der Waals surface area contributed by atoms with Crippen molar-refractivity contribution in [1.29, 1.82) is 0 Å². The van der Waals surface area contributed by atoms with Gasteiger partial charge in [-0.3, -0.25) is 0 Å². The maximum Gasteiger partial charge on any atom is 0.329 e. The lowest BCUT2D eigenvalue weighted by Gasteiger charge is -2.37. The Morgan fingerprint density at radius 1 is 1.15 bits per heavy atom. The van der Waals surface area contributed by atoms with Gasteiger partial charge >= 0.3 is 5.97 Å². The van der Waals surface area contributed by atoms with Gasteiger partial charge in [-0.2, -0.15) is 0 Å². The van der Waals surface area contributed by atoms with Gasteiger partial charge < -0.3 is 14.4 Å². The summed E-state index contributed by atoms with van der Waals surface area (Å²) in [6.07, 6.45) is 4.38. The number of esters is 1. The summed E-state index contributed by atoms with van der Waals surface area (Å²) in [5.41, 5.74) is 2.82. The number of hydrogen-bond acceptors (Lipinski definition) is 4. The Bertz CT molecular complexity index is 1090. The van der Waals surface area contributed by atoms with E-state index in [9.17, 15) is 9.90 Å². The Hall–Kier alpha value is -2.82. The zero-order valence-electron chi connectivity index (χ0n) is 20.2. The Morgan fingerprint density at radius 3 is 2.58 bits per heavy atom. The lowest BCUT2D eigenvalue weighted by molar-refractivity contribution is -0.160. The fourth-order valence-electron chi connectivity index (χ4n) is 5.30. The van der Waals surface area contributed by atoms with E-state index in [0.717, 1.165) is 41.7 Å². The number of benzene rings is 2. The number of rotatable bonds is 7. The van der Waals surface area contributed by atoms with Crippen LogP contribution in [0, 0.1) is 17.8 Å². The maximum absolute atomic E-state index is 13.8. The van der Waals surface area contributed by atoms with E-state index in [1.54, 1.807) is 12.1 Å². The van der Waals surface area contributed by atoms with Crippen molar-refractivity contribution in [2.75, 3.05) is 0 Å². The molecule has 2 aromatic carbocycles. The molecule has 3 aromatic rings. The van der Waals surface area contributed by atoms with E-state index < -0.39 is 6.04 Å². The van der Waals surface area contributed by atoms with E-state index in [0.29, 0.717) is 24.2 Å². The van der Waals surface area contributed by atoms with Crippen LogP contribution in [0.2, 0.25) is 0 Å². The third kappa shape index (κ3) is 5.07. The van der Waals surface area contributed by atoms with E-state index >= 15 is 0 Å². The molecule has 0 bridgehead atoms. The molecule has 5 heteroatoms. The van der Waals surface area contributed by atoms with Gasteiger partial charge in [0, 0.05) is 12.8 Å². The van der Waals surface area contributed by atoms with Gasteiger partial charge in [-0.05, 0) is 60.4 Å². The standard InChI is InChI=1S/C28H36N2O3/c1-5-27-29-23-8-6-7-9-24(23)30(27)25(17-20-11-13-21(31)14-12-20)28(32)33-26-16-19(4)10-15-22(26)18(2)3/h6-9,11-14,18-19,22,25-26,31H,5,10,15-17H2,1-4H3/t19?,22?,25?,26-/m1/s1. The Kier molecular flexibility index (Phi) is 7.06. The first-order valence-electron chi connectivity index (χ1n) is 12.3. The number of para-hydroxylation sites is 2. The molecule has 33 heavy (non-hydrogen) atoms. The third-order valence-corrected chi connectivity index (χ3v) is 7.16. The average Bonchev–Trinajstić information content (AvgIpc) is 3.17.